The zero-order chi connectivity index (χ0) is 24.2. The molecule has 1 atom stereocenters. The maximum absolute atomic E-state index is 13.2. The van der Waals surface area contributed by atoms with Crippen LogP contribution in [0.2, 0.25) is 0 Å². The van der Waals surface area contributed by atoms with Crippen molar-refractivity contribution in [3.63, 3.8) is 0 Å². The SMILES string of the molecule is COc1ccc(CCN(C)[C@H]2CCc3c(c(C(=O)N(C)Cc4ccco4)nn3C)C2)cc1OC. The molecule has 0 N–H and O–H groups in total. The monoisotopic (exact) mass is 466 g/mol. The number of benzene rings is 1. The van der Waals surface area contributed by atoms with Crippen molar-refractivity contribution in [2.45, 2.75) is 38.3 Å². The largest absolute Gasteiger partial charge is 0.493 e. The van der Waals surface area contributed by atoms with Crippen LogP contribution < -0.4 is 9.47 Å². The molecular weight excluding hydrogens is 432 g/mol. The lowest BCUT2D eigenvalue weighted by molar-refractivity contribution is 0.0767. The molecule has 0 saturated heterocycles. The van der Waals surface area contributed by atoms with Crippen LogP contribution in [0.25, 0.3) is 0 Å². The Labute approximate surface area is 201 Å². The average molecular weight is 467 g/mol. The van der Waals surface area contributed by atoms with E-state index in [1.54, 1.807) is 32.4 Å². The molecule has 34 heavy (non-hydrogen) atoms. The van der Waals surface area contributed by atoms with Gasteiger partial charge in [0.05, 0.1) is 27.0 Å². The number of aromatic nitrogens is 2. The van der Waals surface area contributed by atoms with Crippen LogP contribution in [-0.4, -0.2) is 66.4 Å². The van der Waals surface area contributed by atoms with Crippen LogP contribution in [0.3, 0.4) is 0 Å². The Hall–Kier alpha value is -3.26. The van der Waals surface area contributed by atoms with E-state index < -0.39 is 0 Å². The van der Waals surface area contributed by atoms with E-state index >= 15 is 0 Å². The first kappa shape index (κ1) is 23.9. The topological polar surface area (TPSA) is 73.0 Å². The second-order valence-corrected chi connectivity index (χ2v) is 8.95. The molecule has 2 heterocycles. The van der Waals surface area contributed by atoms with Crippen molar-refractivity contribution in [2.24, 2.45) is 7.05 Å². The molecule has 182 valence electrons. The van der Waals surface area contributed by atoms with Crippen molar-refractivity contribution in [1.82, 2.24) is 19.6 Å². The van der Waals surface area contributed by atoms with E-state index in [9.17, 15) is 4.79 Å². The number of aryl methyl sites for hydroxylation is 1. The molecule has 4 rings (SSSR count). The highest BCUT2D eigenvalue weighted by Gasteiger charge is 2.31. The van der Waals surface area contributed by atoms with Crippen molar-refractivity contribution < 1.29 is 18.7 Å². The van der Waals surface area contributed by atoms with Gasteiger partial charge in [-0.3, -0.25) is 9.48 Å². The van der Waals surface area contributed by atoms with Crippen LogP contribution >= 0.6 is 0 Å². The molecule has 1 aliphatic carbocycles. The number of hydrogen-bond donors (Lipinski definition) is 0. The molecule has 1 aromatic carbocycles. The lowest BCUT2D eigenvalue weighted by Crippen LogP contribution is -2.38. The van der Waals surface area contributed by atoms with Crippen molar-refractivity contribution in [2.75, 3.05) is 34.9 Å². The summed E-state index contributed by atoms with van der Waals surface area (Å²) in [6, 6.07) is 10.1. The van der Waals surface area contributed by atoms with E-state index in [0.717, 1.165) is 55.1 Å². The molecule has 0 fully saturated rings. The Balaban J connectivity index is 1.43. The lowest BCUT2D eigenvalue weighted by Gasteiger charge is -2.32. The number of methoxy groups -OCH3 is 2. The van der Waals surface area contributed by atoms with E-state index in [2.05, 4.69) is 23.1 Å². The fourth-order valence-corrected chi connectivity index (χ4v) is 4.73. The fraction of sp³-hybridized carbons (Fsp3) is 0.462. The first-order valence-electron chi connectivity index (χ1n) is 11.6. The summed E-state index contributed by atoms with van der Waals surface area (Å²) in [6.07, 6.45) is 5.31. The van der Waals surface area contributed by atoms with Gasteiger partial charge < -0.3 is 23.7 Å². The number of nitrogens with zero attached hydrogens (tertiary/aromatic N) is 4. The van der Waals surface area contributed by atoms with Crippen LogP contribution in [0.15, 0.2) is 41.0 Å². The standard InChI is InChI=1S/C26H34N4O4/c1-28(13-12-18-8-11-23(32-4)24(15-18)33-5)19-9-10-22-21(16-19)25(27-30(22)3)26(31)29(2)17-20-7-6-14-34-20/h6-8,11,14-15,19H,9-10,12-13,16-17H2,1-5H3/t19-/m0/s1. The molecular formula is C26H34N4O4. The Morgan fingerprint density at radius 1 is 1.21 bits per heavy atom. The number of furan rings is 1. The summed E-state index contributed by atoms with van der Waals surface area (Å²) >= 11 is 0. The molecule has 1 amide bonds. The third-order valence-corrected chi connectivity index (χ3v) is 6.78. The predicted molar refractivity (Wildman–Crippen MR) is 129 cm³/mol. The molecule has 0 radical (unpaired) electrons. The van der Waals surface area contributed by atoms with Gasteiger partial charge in [0.25, 0.3) is 5.91 Å². The van der Waals surface area contributed by atoms with Crippen LogP contribution in [-0.2, 0) is 32.9 Å². The molecule has 0 aliphatic heterocycles. The number of rotatable bonds is 9. The van der Waals surface area contributed by atoms with Gasteiger partial charge in [0.1, 0.15) is 5.76 Å². The van der Waals surface area contributed by atoms with Gasteiger partial charge in [-0.1, -0.05) is 6.07 Å². The van der Waals surface area contributed by atoms with Gasteiger partial charge in [-0.25, -0.2) is 0 Å². The molecule has 0 saturated carbocycles. The van der Waals surface area contributed by atoms with Crippen molar-refractivity contribution in [1.29, 1.82) is 0 Å². The maximum atomic E-state index is 13.2. The maximum Gasteiger partial charge on any atom is 0.274 e. The highest BCUT2D eigenvalue weighted by Crippen LogP contribution is 2.29. The van der Waals surface area contributed by atoms with Crippen molar-refractivity contribution >= 4 is 5.91 Å². The summed E-state index contributed by atoms with van der Waals surface area (Å²) in [6.45, 7) is 1.34. The van der Waals surface area contributed by atoms with Gasteiger partial charge in [0, 0.05) is 37.9 Å². The average Bonchev–Trinajstić information content (AvgIpc) is 3.49. The minimum atomic E-state index is -0.0677. The van der Waals surface area contributed by atoms with Gasteiger partial charge in [0.2, 0.25) is 0 Å². The third-order valence-electron chi connectivity index (χ3n) is 6.78. The highest BCUT2D eigenvalue weighted by atomic mass is 16.5. The Morgan fingerprint density at radius 2 is 2.00 bits per heavy atom. The normalized spacial score (nSPS) is 15.3. The van der Waals surface area contributed by atoms with E-state index in [-0.39, 0.29) is 5.91 Å². The van der Waals surface area contributed by atoms with Gasteiger partial charge in [-0.2, -0.15) is 5.10 Å². The Bertz CT molecular complexity index is 1120. The minimum Gasteiger partial charge on any atom is -0.493 e. The van der Waals surface area contributed by atoms with E-state index in [1.165, 1.54) is 11.3 Å². The molecule has 0 unspecified atom stereocenters. The van der Waals surface area contributed by atoms with Gasteiger partial charge in [-0.15, -0.1) is 0 Å². The summed E-state index contributed by atoms with van der Waals surface area (Å²) in [5.41, 5.74) is 4.01. The third kappa shape index (κ3) is 4.97. The summed E-state index contributed by atoms with van der Waals surface area (Å²) in [5, 5.41) is 4.62. The van der Waals surface area contributed by atoms with Crippen LogP contribution in [0, 0.1) is 0 Å². The molecule has 2 aromatic heterocycles. The fourth-order valence-electron chi connectivity index (χ4n) is 4.73. The first-order chi connectivity index (χ1) is 16.4. The molecule has 1 aliphatic rings. The van der Waals surface area contributed by atoms with Crippen LogP contribution in [0.5, 0.6) is 11.5 Å². The second-order valence-electron chi connectivity index (χ2n) is 8.95. The smallest absolute Gasteiger partial charge is 0.274 e. The number of amides is 1. The molecule has 0 bridgehead atoms. The number of likely N-dealkylation sites (N-methyl/N-ethyl adjacent to an activating group) is 1. The molecule has 3 aromatic rings. The second kappa shape index (κ2) is 10.3. The summed E-state index contributed by atoms with van der Waals surface area (Å²) in [4.78, 5) is 17.3. The number of carbonyl (C=O) groups is 1. The summed E-state index contributed by atoms with van der Waals surface area (Å²) < 4.78 is 18.1. The lowest BCUT2D eigenvalue weighted by atomic mass is 9.90. The van der Waals surface area contributed by atoms with Crippen molar-refractivity contribution in [3.05, 3.63) is 64.9 Å². The number of hydrogen-bond acceptors (Lipinski definition) is 6. The van der Waals surface area contributed by atoms with Crippen LogP contribution in [0.1, 0.15) is 39.5 Å². The van der Waals surface area contributed by atoms with E-state index in [4.69, 9.17) is 13.9 Å². The van der Waals surface area contributed by atoms with Crippen LogP contribution in [0.4, 0.5) is 0 Å². The van der Waals surface area contributed by atoms with E-state index in [0.29, 0.717) is 18.3 Å². The summed E-state index contributed by atoms with van der Waals surface area (Å²) in [7, 11) is 9.20. The number of fused-ring (bicyclic) bond motifs is 1. The summed E-state index contributed by atoms with van der Waals surface area (Å²) in [5.74, 6) is 2.18. The van der Waals surface area contributed by atoms with Gasteiger partial charge >= 0.3 is 0 Å². The number of ether oxygens (including phenoxy) is 2. The molecule has 0 spiro atoms. The zero-order valence-corrected chi connectivity index (χ0v) is 20.7. The molecule has 8 nitrogen and oxygen atoms in total. The Kier molecular flexibility index (Phi) is 7.26. The zero-order valence-electron chi connectivity index (χ0n) is 20.7. The minimum absolute atomic E-state index is 0.0677. The van der Waals surface area contributed by atoms with Gasteiger partial charge in [-0.05, 0) is 62.6 Å². The van der Waals surface area contributed by atoms with Gasteiger partial charge in [0.15, 0.2) is 17.2 Å². The Morgan fingerprint density at radius 3 is 2.71 bits per heavy atom. The quantitative estimate of drug-likeness (QED) is 0.482. The van der Waals surface area contributed by atoms with Crippen molar-refractivity contribution in [3.8, 4) is 11.5 Å². The number of carbonyl (C=O) groups excluding carboxylic acids is 1. The predicted octanol–water partition coefficient (Wildman–Crippen LogP) is 3.33. The first-order valence-corrected chi connectivity index (χ1v) is 11.6. The highest BCUT2D eigenvalue weighted by molar-refractivity contribution is 5.94. The van der Waals surface area contributed by atoms with E-state index in [1.807, 2.05) is 36.0 Å². The molecule has 8 heteroatoms.